The van der Waals surface area contributed by atoms with Crippen LogP contribution in [0.3, 0.4) is 0 Å². The van der Waals surface area contributed by atoms with Crippen molar-refractivity contribution in [2.24, 2.45) is 11.8 Å². The molecule has 3 unspecified atom stereocenters. The van der Waals surface area contributed by atoms with Crippen molar-refractivity contribution in [1.29, 1.82) is 0 Å². The molecule has 1 N–H and O–H groups in total. The van der Waals surface area contributed by atoms with Crippen LogP contribution in [-0.2, 0) is 4.74 Å². The van der Waals surface area contributed by atoms with E-state index in [1.54, 1.807) is 0 Å². The summed E-state index contributed by atoms with van der Waals surface area (Å²) in [6.45, 7) is 11.4. The predicted octanol–water partition coefficient (Wildman–Crippen LogP) is 1.34. The van der Waals surface area contributed by atoms with Crippen molar-refractivity contribution in [3.8, 4) is 0 Å². The molecule has 94 valence electrons. The number of nitrogens with one attached hydrogen (secondary N) is 1. The van der Waals surface area contributed by atoms with Crippen LogP contribution in [0.2, 0.25) is 0 Å². The molecule has 0 aromatic rings. The van der Waals surface area contributed by atoms with Gasteiger partial charge in [0.15, 0.2) is 0 Å². The molecule has 0 aromatic heterocycles. The molecular weight excluding hydrogens is 200 g/mol. The van der Waals surface area contributed by atoms with Gasteiger partial charge in [-0.05, 0) is 31.8 Å². The standard InChI is InChI=1S/C13H26N2O/c1-3-5-14-13-10-16-9-12(13)8-15-6-4-11(2)7-15/h11-14H,3-10H2,1-2H3. The van der Waals surface area contributed by atoms with Gasteiger partial charge in [-0.25, -0.2) is 0 Å². The molecule has 2 aliphatic heterocycles. The molecule has 2 heterocycles. The Bertz CT molecular complexity index is 210. The maximum Gasteiger partial charge on any atom is 0.0623 e. The van der Waals surface area contributed by atoms with Crippen molar-refractivity contribution >= 4 is 0 Å². The average Bonchev–Trinajstić information content (AvgIpc) is 2.86. The Morgan fingerprint density at radius 3 is 2.94 bits per heavy atom. The van der Waals surface area contributed by atoms with Crippen molar-refractivity contribution in [1.82, 2.24) is 10.2 Å². The Morgan fingerprint density at radius 1 is 1.38 bits per heavy atom. The summed E-state index contributed by atoms with van der Waals surface area (Å²) in [4.78, 5) is 2.62. The van der Waals surface area contributed by atoms with Crippen LogP contribution in [0.5, 0.6) is 0 Å². The molecule has 2 rings (SSSR count). The number of rotatable bonds is 5. The van der Waals surface area contributed by atoms with Gasteiger partial charge in [0, 0.05) is 25.0 Å². The van der Waals surface area contributed by atoms with Gasteiger partial charge in [0.05, 0.1) is 13.2 Å². The molecule has 3 atom stereocenters. The highest BCUT2D eigenvalue weighted by Gasteiger charge is 2.30. The largest absolute Gasteiger partial charge is 0.379 e. The first kappa shape index (κ1) is 12.3. The van der Waals surface area contributed by atoms with Gasteiger partial charge in [0.25, 0.3) is 0 Å². The van der Waals surface area contributed by atoms with Crippen LogP contribution in [0, 0.1) is 11.8 Å². The van der Waals surface area contributed by atoms with E-state index in [9.17, 15) is 0 Å². The van der Waals surface area contributed by atoms with Crippen LogP contribution in [0.15, 0.2) is 0 Å². The van der Waals surface area contributed by atoms with Gasteiger partial charge in [-0.15, -0.1) is 0 Å². The van der Waals surface area contributed by atoms with Crippen LogP contribution in [-0.4, -0.2) is 50.3 Å². The maximum absolute atomic E-state index is 5.61. The lowest BCUT2D eigenvalue weighted by atomic mass is 10.0. The second-order valence-corrected chi connectivity index (χ2v) is 5.51. The molecule has 0 spiro atoms. The Labute approximate surface area is 99.5 Å². The molecule has 3 nitrogen and oxygen atoms in total. The van der Waals surface area contributed by atoms with Gasteiger partial charge in [0.2, 0.25) is 0 Å². The first-order chi connectivity index (χ1) is 7.79. The van der Waals surface area contributed by atoms with E-state index in [2.05, 4.69) is 24.1 Å². The van der Waals surface area contributed by atoms with E-state index in [1.165, 1.54) is 32.5 Å². The first-order valence-corrected chi connectivity index (χ1v) is 6.83. The molecule has 3 heteroatoms. The van der Waals surface area contributed by atoms with Crippen LogP contribution in [0.1, 0.15) is 26.7 Å². The minimum absolute atomic E-state index is 0.593. The Morgan fingerprint density at radius 2 is 2.25 bits per heavy atom. The number of hydrogen-bond acceptors (Lipinski definition) is 3. The van der Waals surface area contributed by atoms with Crippen LogP contribution < -0.4 is 5.32 Å². The zero-order chi connectivity index (χ0) is 11.4. The molecule has 2 saturated heterocycles. The molecule has 0 saturated carbocycles. The second-order valence-electron chi connectivity index (χ2n) is 5.51. The lowest BCUT2D eigenvalue weighted by Crippen LogP contribution is -2.41. The number of hydrogen-bond donors (Lipinski definition) is 1. The maximum atomic E-state index is 5.61. The summed E-state index contributed by atoms with van der Waals surface area (Å²) in [5.41, 5.74) is 0. The zero-order valence-electron chi connectivity index (χ0n) is 10.7. The number of likely N-dealkylation sites (tertiary alicyclic amines) is 1. The lowest BCUT2D eigenvalue weighted by Gasteiger charge is -2.24. The van der Waals surface area contributed by atoms with Crippen LogP contribution in [0.25, 0.3) is 0 Å². The topological polar surface area (TPSA) is 24.5 Å². The molecule has 2 fully saturated rings. The third-order valence-electron chi connectivity index (χ3n) is 3.86. The highest BCUT2D eigenvalue weighted by atomic mass is 16.5. The quantitative estimate of drug-likeness (QED) is 0.766. The summed E-state index contributed by atoms with van der Waals surface area (Å²) in [5, 5.41) is 3.61. The van der Waals surface area contributed by atoms with Gasteiger partial charge in [-0.1, -0.05) is 13.8 Å². The molecule has 0 amide bonds. The fourth-order valence-electron chi connectivity index (χ4n) is 2.86. The van der Waals surface area contributed by atoms with E-state index < -0.39 is 0 Å². The predicted molar refractivity (Wildman–Crippen MR) is 66.6 cm³/mol. The van der Waals surface area contributed by atoms with Crippen molar-refractivity contribution in [2.75, 3.05) is 39.4 Å². The van der Waals surface area contributed by atoms with E-state index in [-0.39, 0.29) is 0 Å². The van der Waals surface area contributed by atoms with E-state index in [0.717, 1.165) is 25.7 Å². The normalized spacial score (nSPS) is 36.0. The second kappa shape index (κ2) is 5.99. The highest BCUT2D eigenvalue weighted by Crippen LogP contribution is 2.20. The van der Waals surface area contributed by atoms with Crippen molar-refractivity contribution in [3.63, 3.8) is 0 Å². The van der Waals surface area contributed by atoms with Crippen molar-refractivity contribution in [3.05, 3.63) is 0 Å². The Kier molecular flexibility index (Phi) is 4.62. The van der Waals surface area contributed by atoms with Crippen LogP contribution >= 0.6 is 0 Å². The van der Waals surface area contributed by atoms with Gasteiger partial charge in [0.1, 0.15) is 0 Å². The lowest BCUT2D eigenvalue weighted by molar-refractivity contribution is 0.172. The van der Waals surface area contributed by atoms with E-state index in [4.69, 9.17) is 4.74 Å². The first-order valence-electron chi connectivity index (χ1n) is 6.83. The average molecular weight is 226 g/mol. The summed E-state index contributed by atoms with van der Waals surface area (Å²) >= 11 is 0. The van der Waals surface area contributed by atoms with E-state index in [0.29, 0.717) is 12.0 Å². The highest BCUT2D eigenvalue weighted by molar-refractivity contribution is 4.85. The zero-order valence-corrected chi connectivity index (χ0v) is 10.7. The number of nitrogens with zero attached hydrogens (tertiary/aromatic N) is 1. The van der Waals surface area contributed by atoms with Gasteiger partial charge in [-0.3, -0.25) is 0 Å². The molecule has 2 aliphatic rings. The molecule has 16 heavy (non-hydrogen) atoms. The monoisotopic (exact) mass is 226 g/mol. The van der Waals surface area contributed by atoms with Crippen LogP contribution in [0.4, 0.5) is 0 Å². The van der Waals surface area contributed by atoms with Gasteiger partial charge < -0.3 is 15.0 Å². The van der Waals surface area contributed by atoms with Gasteiger partial charge >= 0.3 is 0 Å². The Hall–Kier alpha value is -0.120. The summed E-state index contributed by atoms with van der Waals surface area (Å²) in [6, 6.07) is 0.593. The van der Waals surface area contributed by atoms with E-state index >= 15 is 0 Å². The molecule has 0 aliphatic carbocycles. The fourth-order valence-corrected chi connectivity index (χ4v) is 2.86. The summed E-state index contributed by atoms with van der Waals surface area (Å²) in [6.07, 6.45) is 2.59. The minimum Gasteiger partial charge on any atom is -0.379 e. The molecule has 0 bridgehead atoms. The third-order valence-corrected chi connectivity index (χ3v) is 3.86. The Balaban J connectivity index is 1.74. The fraction of sp³-hybridized carbons (Fsp3) is 1.00. The third kappa shape index (κ3) is 3.19. The minimum atomic E-state index is 0.593. The summed E-state index contributed by atoms with van der Waals surface area (Å²) in [7, 11) is 0. The molecular formula is C13H26N2O. The SMILES string of the molecule is CCCNC1COCC1CN1CCC(C)C1. The van der Waals surface area contributed by atoms with Crippen molar-refractivity contribution < 1.29 is 4.74 Å². The number of ether oxygens (including phenoxy) is 1. The molecule has 0 radical (unpaired) electrons. The molecule has 0 aromatic carbocycles. The summed E-state index contributed by atoms with van der Waals surface area (Å²) in [5.74, 6) is 1.60. The summed E-state index contributed by atoms with van der Waals surface area (Å²) < 4.78 is 5.61. The smallest absolute Gasteiger partial charge is 0.0623 e. The van der Waals surface area contributed by atoms with Crippen molar-refractivity contribution in [2.45, 2.75) is 32.7 Å². The van der Waals surface area contributed by atoms with E-state index in [1.807, 2.05) is 0 Å². The van der Waals surface area contributed by atoms with Gasteiger partial charge in [-0.2, -0.15) is 0 Å².